The Labute approximate surface area is 158 Å². The lowest BCUT2D eigenvalue weighted by molar-refractivity contribution is -0.121. The van der Waals surface area contributed by atoms with Crippen LogP contribution in [-0.2, 0) is 11.3 Å². The molecule has 0 unspecified atom stereocenters. The Bertz CT molecular complexity index is 808. The molecule has 2 aromatic rings. The van der Waals surface area contributed by atoms with Gasteiger partial charge in [-0.15, -0.1) is 0 Å². The minimum absolute atomic E-state index is 0.0325. The van der Waals surface area contributed by atoms with Crippen molar-refractivity contribution in [3.63, 3.8) is 0 Å². The van der Waals surface area contributed by atoms with Gasteiger partial charge in [-0.1, -0.05) is 12.1 Å². The van der Waals surface area contributed by atoms with Gasteiger partial charge in [0.25, 0.3) is 0 Å². The van der Waals surface area contributed by atoms with Gasteiger partial charge in [0.15, 0.2) is 0 Å². The lowest BCUT2D eigenvalue weighted by atomic mass is 9.92. The molecule has 140 valence electrons. The number of hydrogen-bond acceptors (Lipinski definition) is 4. The largest absolute Gasteiger partial charge is 0.357 e. The zero-order valence-corrected chi connectivity index (χ0v) is 15.2. The molecule has 1 amide bonds. The molecule has 5 nitrogen and oxygen atoms in total. The summed E-state index contributed by atoms with van der Waals surface area (Å²) in [5.41, 5.74) is 1.52. The van der Waals surface area contributed by atoms with E-state index in [4.69, 9.17) is 5.26 Å². The number of anilines is 1. The molecule has 3 rings (SSSR count). The summed E-state index contributed by atoms with van der Waals surface area (Å²) in [7, 11) is 0. The SMILES string of the molecule is N#Cc1ccnc(N2CCC(CCC(=O)NCc3ccc(F)cc3)CC2)c1. The van der Waals surface area contributed by atoms with Crippen molar-refractivity contribution in [2.24, 2.45) is 5.92 Å². The second kappa shape index (κ2) is 9.13. The van der Waals surface area contributed by atoms with Crippen LogP contribution in [0.15, 0.2) is 42.6 Å². The summed E-state index contributed by atoms with van der Waals surface area (Å²) in [5, 5.41) is 11.9. The van der Waals surface area contributed by atoms with Crippen molar-refractivity contribution < 1.29 is 9.18 Å². The van der Waals surface area contributed by atoms with Crippen LogP contribution in [-0.4, -0.2) is 24.0 Å². The van der Waals surface area contributed by atoms with Gasteiger partial charge in [-0.2, -0.15) is 5.26 Å². The summed E-state index contributed by atoms with van der Waals surface area (Å²) in [4.78, 5) is 18.6. The average Bonchev–Trinajstić information content (AvgIpc) is 2.72. The van der Waals surface area contributed by atoms with E-state index >= 15 is 0 Å². The molecule has 0 spiro atoms. The Morgan fingerprint density at radius 1 is 1.26 bits per heavy atom. The molecule has 2 heterocycles. The van der Waals surface area contributed by atoms with Gasteiger partial charge in [-0.05, 0) is 55.0 Å². The minimum atomic E-state index is -0.272. The molecule has 0 atom stereocenters. The van der Waals surface area contributed by atoms with Crippen molar-refractivity contribution in [1.29, 1.82) is 5.26 Å². The molecule has 1 N–H and O–H groups in total. The summed E-state index contributed by atoms with van der Waals surface area (Å²) in [6.45, 7) is 2.21. The Kier molecular flexibility index (Phi) is 6.37. The Hall–Kier alpha value is -2.94. The smallest absolute Gasteiger partial charge is 0.220 e. The molecule has 0 aliphatic carbocycles. The third-order valence-electron chi connectivity index (χ3n) is 5.00. The first kappa shape index (κ1) is 18.8. The monoisotopic (exact) mass is 366 g/mol. The number of nitrogens with one attached hydrogen (secondary N) is 1. The number of hydrogen-bond donors (Lipinski definition) is 1. The summed E-state index contributed by atoms with van der Waals surface area (Å²) in [6.07, 6.45) is 5.08. The Balaban J connectivity index is 1.38. The first-order valence-corrected chi connectivity index (χ1v) is 9.26. The van der Waals surface area contributed by atoms with Crippen molar-refractivity contribution >= 4 is 11.7 Å². The van der Waals surface area contributed by atoms with E-state index in [0.717, 1.165) is 43.7 Å². The van der Waals surface area contributed by atoms with Gasteiger partial charge < -0.3 is 10.2 Å². The standard InChI is InChI=1S/C21H23FN4O/c22-19-4-1-17(2-5-19)15-25-21(27)6-3-16-8-11-26(12-9-16)20-13-18(14-23)7-10-24-20/h1-2,4-5,7,10,13,16H,3,6,8-9,11-12,15H2,(H,25,27). The first-order valence-electron chi connectivity index (χ1n) is 9.26. The van der Waals surface area contributed by atoms with Crippen molar-refractivity contribution in [3.8, 4) is 6.07 Å². The van der Waals surface area contributed by atoms with E-state index in [-0.39, 0.29) is 11.7 Å². The fourth-order valence-electron chi connectivity index (χ4n) is 3.34. The van der Waals surface area contributed by atoms with E-state index in [0.29, 0.717) is 24.4 Å². The minimum Gasteiger partial charge on any atom is -0.357 e. The van der Waals surface area contributed by atoms with Crippen LogP contribution in [0.2, 0.25) is 0 Å². The number of nitriles is 1. The van der Waals surface area contributed by atoms with E-state index in [2.05, 4.69) is 21.3 Å². The molecule has 0 radical (unpaired) electrons. The molecule has 1 aromatic carbocycles. The van der Waals surface area contributed by atoms with Crippen LogP contribution in [0.5, 0.6) is 0 Å². The van der Waals surface area contributed by atoms with E-state index in [9.17, 15) is 9.18 Å². The summed E-state index contributed by atoms with van der Waals surface area (Å²) < 4.78 is 12.9. The van der Waals surface area contributed by atoms with Crippen LogP contribution in [0.1, 0.15) is 36.8 Å². The highest BCUT2D eigenvalue weighted by molar-refractivity contribution is 5.75. The molecule has 1 aliphatic rings. The quantitative estimate of drug-likeness (QED) is 0.851. The number of aromatic nitrogens is 1. The predicted octanol–water partition coefficient (Wildman–Crippen LogP) is 3.41. The number of carbonyl (C=O) groups excluding carboxylic acids is 1. The van der Waals surface area contributed by atoms with Gasteiger partial charge in [0.1, 0.15) is 11.6 Å². The molecule has 1 saturated heterocycles. The number of nitrogens with zero attached hydrogens (tertiary/aromatic N) is 3. The van der Waals surface area contributed by atoms with E-state index in [1.54, 1.807) is 24.4 Å². The van der Waals surface area contributed by atoms with Crippen molar-refractivity contribution in [3.05, 3.63) is 59.5 Å². The normalized spacial score (nSPS) is 14.6. The zero-order valence-electron chi connectivity index (χ0n) is 15.2. The lowest BCUT2D eigenvalue weighted by Crippen LogP contribution is -2.34. The van der Waals surface area contributed by atoms with Gasteiger partial charge >= 0.3 is 0 Å². The summed E-state index contributed by atoms with van der Waals surface area (Å²) in [5.74, 6) is 1.14. The molecular formula is C21H23FN4O. The second-order valence-corrected chi connectivity index (χ2v) is 6.89. The maximum atomic E-state index is 12.9. The number of rotatable bonds is 6. The fourth-order valence-corrected chi connectivity index (χ4v) is 3.34. The van der Waals surface area contributed by atoms with Crippen LogP contribution in [0.25, 0.3) is 0 Å². The van der Waals surface area contributed by atoms with Crippen LogP contribution < -0.4 is 10.2 Å². The van der Waals surface area contributed by atoms with Gasteiger partial charge in [-0.25, -0.2) is 9.37 Å². The fraction of sp³-hybridized carbons (Fsp3) is 0.381. The number of halogens is 1. The molecule has 27 heavy (non-hydrogen) atoms. The van der Waals surface area contributed by atoms with Gasteiger partial charge in [-0.3, -0.25) is 4.79 Å². The molecule has 1 aromatic heterocycles. The highest BCUT2D eigenvalue weighted by atomic mass is 19.1. The summed E-state index contributed by atoms with van der Waals surface area (Å²) in [6, 6.07) is 11.8. The second-order valence-electron chi connectivity index (χ2n) is 6.89. The van der Waals surface area contributed by atoms with Gasteiger partial charge in [0.2, 0.25) is 5.91 Å². The molecule has 6 heteroatoms. The molecule has 0 bridgehead atoms. The van der Waals surface area contributed by atoms with Crippen LogP contribution in [0, 0.1) is 23.1 Å². The number of benzene rings is 1. The number of carbonyl (C=O) groups is 1. The highest BCUT2D eigenvalue weighted by Gasteiger charge is 2.21. The van der Waals surface area contributed by atoms with Crippen LogP contribution in [0.3, 0.4) is 0 Å². The van der Waals surface area contributed by atoms with Crippen molar-refractivity contribution in [2.75, 3.05) is 18.0 Å². The number of amides is 1. The van der Waals surface area contributed by atoms with Crippen LogP contribution >= 0.6 is 0 Å². The topological polar surface area (TPSA) is 69.0 Å². The summed E-state index contributed by atoms with van der Waals surface area (Å²) >= 11 is 0. The lowest BCUT2D eigenvalue weighted by Gasteiger charge is -2.32. The highest BCUT2D eigenvalue weighted by Crippen LogP contribution is 2.25. The van der Waals surface area contributed by atoms with Crippen molar-refractivity contribution in [2.45, 2.75) is 32.2 Å². The first-order chi connectivity index (χ1) is 13.1. The maximum absolute atomic E-state index is 12.9. The Morgan fingerprint density at radius 3 is 2.70 bits per heavy atom. The molecule has 1 aliphatic heterocycles. The average molecular weight is 366 g/mol. The molecule has 1 fully saturated rings. The van der Waals surface area contributed by atoms with Crippen LogP contribution in [0.4, 0.5) is 10.2 Å². The zero-order chi connectivity index (χ0) is 19.1. The number of piperidine rings is 1. The van der Waals surface area contributed by atoms with E-state index < -0.39 is 0 Å². The molecule has 0 saturated carbocycles. The maximum Gasteiger partial charge on any atom is 0.220 e. The van der Waals surface area contributed by atoms with E-state index in [1.807, 2.05) is 6.07 Å². The molecular weight excluding hydrogens is 343 g/mol. The third-order valence-corrected chi connectivity index (χ3v) is 5.00. The van der Waals surface area contributed by atoms with Gasteiger partial charge in [0, 0.05) is 32.3 Å². The van der Waals surface area contributed by atoms with Crippen molar-refractivity contribution in [1.82, 2.24) is 10.3 Å². The van der Waals surface area contributed by atoms with E-state index in [1.165, 1.54) is 12.1 Å². The third kappa shape index (κ3) is 5.52. The Morgan fingerprint density at radius 2 is 2.00 bits per heavy atom. The number of pyridine rings is 1. The predicted molar refractivity (Wildman–Crippen MR) is 101 cm³/mol. The van der Waals surface area contributed by atoms with Gasteiger partial charge in [0.05, 0.1) is 11.6 Å².